The zero-order valence-electron chi connectivity index (χ0n) is 22.5. The lowest BCUT2D eigenvalue weighted by Crippen LogP contribution is -2.26. The molecule has 1 atom stereocenters. The molecule has 0 amide bonds. The van der Waals surface area contributed by atoms with Crippen molar-refractivity contribution in [2.24, 2.45) is 0 Å². The van der Waals surface area contributed by atoms with Gasteiger partial charge in [-0.15, -0.1) is 0 Å². The summed E-state index contributed by atoms with van der Waals surface area (Å²) in [6.07, 6.45) is 22.4. The maximum absolute atomic E-state index is 9.61. The molecule has 1 heterocycles. The van der Waals surface area contributed by atoms with E-state index < -0.39 is 0 Å². The summed E-state index contributed by atoms with van der Waals surface area (Å²) in [6.45, 7) is 8.54. The number of anilines is 2. The fourth-order valence-electron chi connectivity index (χ4n) is 4.20. The predicted molar refractivity (Wildman–Crippen MR) is 145 cm³/mol. The fraction of sp³-hybridized carbons (Fsp3) is 0.793. The van der Waals surface area contributed by atoms with Crippen LogP contribution in [0.4, 0.5) is 11.4 Å². The smallest absolute Gasteiger partial charge is 0.0635 e. The molecule has 1 saturated heterocycles. The molecule has 34 heavy (non-hydrogen) atoms. The number of nitrogens with zero attached hydrogens (tertiary/aromatic N) is 2. The third-order valence-corrected chi connectivity index (χ3v) is 6.49. The molecule has 2 N–H and O–H groups in total. The van der Waals surface area contributed by atoms with Gasteiger partial charge in [0.2, 0.25) is 0 Å². The van der Waals surface area contributed by atoms with Crippen LogP contribution in [0.3, 0.4) is 0 Å². The van der Waals surface area contributed by atoms with Gasteiger partial charge in [-0.05, 0) is 49.9 Å². The van der Waals surface area contributed by atoms with E-state index in [1.54, 1.807) is 24.3 Å². The van der Waals surface area contributed by atoms with Gasteiger partial charge < -0.3 is 4.74 Å². The van der Waals surface area contributed by atoms with Crippen LogP contribution in [0.2, 0.25) is 0 Å². The molecule has 1 aliphatic rings. The van der Waals surface area contributed by atoms with E-state index in [2.05, 4.69) is 6.92 Å². The first-order valence-electron chi connectivity index (χ1n) is 14.3. The molecular formula is C29H54N2O3. The van der Waals surface area contributed by atoms with E-state index in [1.165, 1.54) is 100 Å². The molecule has 0 radical (unpaired) electrons. The third kappa shape index (κ3) is 14.9. The van der Waals surface area contributed by atoms with Gasteiger partial charge in [0.25, 0.3) is 0 Å². The van der Waals surface area contributed by atoms with Gasteiger partial charge in [-0.25, -0.2) is 0 Å². The maximum atomic E-state index is 9.61. The predicted octanol–water partition coefficient (Wildman–Crippen LogP) is 8.76. The monoisotopic (exact) mass is 478 g/mol. The highest BCUT2D eigenvalue weighted by atomic mass is 16.5. The van der Waals surface area contributed by atoms with Crippen LogP contribution >= 0.6 is 0 Å². The molecule has 1 aromatic rings. The number of ether oxygens (including phenoxy) is 1. The van der Waals surface area contributed by atoms with Gasteiger partial charge in [0.15, 0.2) is 0 Å². The minimum Gasteiger partial charge on any atom is -0.378 e. The zero-order chi connectivity index (χ0) is 24.9. The lowest BCUT2D eigenvalue weighted by atomic mass is 10.0. The highest BCUT2D eigenvalue weighted by Crippen LogP contribution is 2.20. The summed E-state index contributed by atoms with van der Waals surface area (Å²) in [6, 6.07) is 7.18. The zero-order valence-corrected chi connectivity index (χ0v) is 22.5. The second-order valence-corrected chi connectivity index (χ2v) is 9.72. The molecule has 2 rings (SSSR count). The quantitative estimate of drug-likeness (QED) is 0.154. The van der Waals surface area contributed by atoms with E-state index in [4.69, 9.17) is 4.74 Å². The van der Waals surface area contributed by atoms with E-state index >= 15 is 0 Å². The molecule has 1 aromatic carbocycles. The van der Waals surface area contributed by atoms with Crippen LogP contribution in [-0.4, -0.2) is 36.2 Å². The molecule has 0 bridgehead atoms. The Morgan fingerprint density at radius 3 is 1.35 bits per heavy atom. The topological polar surface area (TPSA) is 56.2 Å². The minimum atomic E-state index is 0.608. The number of hydrogen-bond donors (Lipinski definition) is 2. The molecular weight excluding hydrogens is 424 g/mol. The number of rotatable bonds is 19. The van der Waals surface area contributed by atoms with Crippen molar-refractivity contribution in [2.45, 2.75) is 130 Å². The number of unbranched alkanes of at least 4 members (excludes halogenated alkanes) is 11. The SMILES string of the molecule is CCCCCCCCCCCCCCC1CCO1.CCCN(O)c1ccc(N(O)CCC)cc1. The van der Waals surface area contributed by atoms with Crippen molar-refractivity contribution < 1.29 is 15.2 Å². The summed E-state index contributed by atoms with van der Waals surface area (Å²) in [5.74, 6) is 0. The van der Waals surface area contributed by atoms with Crippen molar-refractivity contribution in [3.05, 3.63) is 24.3 Å². The van der Waals surface area contributed by atoms with Gasteiger partial charge in [0.1, 0.15) is 0 Å². The fourth-order valence-corrected chi connectivity index (χ4v) is 4.20. The van der Waals surface area contributed by atoms with Crippen molar-refractivity contribution in [1.82, 2.24) is 0 Å². The highest BCUT2D eigenvalue weighted by Gasteiger charge is 2.16. The molecule has 5 nitrogen and oxygen atoms in total. The highest BCUT2D eigenvalue weighted by molar-refractivity contribution is 5.53. The Morgan fingerprint density at radius 1 is 0.647 bits per heavy atom. The van der Waals surface area contributed by atoms with Crippen LogP contribution < -0.4 is 10.1 Å². The van der Waals surface area contributed by atoms with Gasteiger partial charge in [-0.1, -0.05) is 97.8 Å². The normalized spacial score (nSPS) is 14.8. The molecule has 0 aliphatic carbocycles. The molecule has 0 spiro atoms. The van der Waals surface area contributed by atoms with Crippen LogP contribution in [0.1, 0.15) is 124 Å². The number of hydrogen-bond acceptors (Lipinski definition) is 5. The Morgan fingerprint density at radius 2 is 1.03 bits per heavy atom. The van der Waals surface area contributed by atoms with Crippen molar-refractivity contribution in [3.8, 4) is 0 Å². The van der Waals surface area contributed by atoms with Crippen molar-refractivity contribution >= 4 is 11.4 Å². The Hall–Kier alpha value is -1.30. The molecule has 1 aliphatic heterocycles. The molecule has 5 heteroatoms. The first-order chi connectivity index (χ1) is 16.6. The second kappa shape index (κ2) is 21.0. The largest absolute Gasteiger partial charge is 0.378 e. The van der Waals surface area contributed by atoms with Crippen LogP contribution in [-0.2, 0) is 4.74 Å². The summed E-state index contributed by atoms with van der Waals surface area (Å²) in [5.41, 5.74) is 1.49. The average Bonchev–Trinajstić information content (AvgIpc) is 2.82. The number of benzene rings is 1. The Balaban J connectivity index is 0.000000342. The molecule has 1 fully saturated rings. The van der Waals surface area contributed by atoms with E-state index in [0.717, 1.165) is 30.8 Å². The molecule has 198 valence electrons. The van der Waals surface area contributed by atoms with Gasteiger partial charge in [-0.2, -0.15) is 0 Å². The standard InChI is InChI=1S/C17H34O.C12H20N2O2/c1-2-3-4-5-6-7-8-9-10-11-12-13-14-17-15-16-18-17;1-3-9-13(15)11-5-7-12(8-6-11)14(16)10-4-2/h17H,2-16H2,1H3;5-8,15-16H,3-4,9-10H2,1-2H3. The van der Waals surface area contributed by atoms with Gasteiger partial charge in [0, 0.05) is 19.7 Å². The first-order valence-corrected chi connectivity index (χ1v) is 14.3. The van der Waals surface area contributed by atoms with Gasteiger partial charge in [-0.3, -0.25) is 20.5 Å². The minimum absolute atomic E-state index is 0.608. The van der Waals surface area contributed by atoms with E-state index in [1.807, 2.05) is 13.8 Å². The summed E-state index contributed by atoms with van der Waals surface area (Å²) >= 11 is 0. The summed E-state index contributed by atoms with van der Waals surface area (Å²) in [4.78, 5) is 0. The third-order valence-electron chi connectivity index (χ3n) is 6.49. The van der Waals surface area contributed by atoms with Crippen molar-refractivity contribution in [1.29, 1.82) is 0 Å². The Bertz CT molecular complexity index is 532. The van der Waals surface area contributed by atoms with E-state index in [0.29, 0.717) is 19.2 Å². The summed E-state index contributed by atoms with van der Waals surface area (Å²) in [7, 11) is 0. The van der Waals surface area contributed by atoms with E-state index in [-0.39, 0.29) is 0 Å². The summed E-state index contributed by atoms with van der Waals surface area (Å²) in [5, 5.41) is 21.6. The Kier molecular flexibility index (Phi) is 19.0. The van der Waals surface area contributed by atoms with Gasteiger partial charge >= 0.3 is 0 Å². The second-order valence-electron chi connectivity index (χ2n) is 9.72. The van der Waals surface area contributed by atoms with Crippen LogP contribution in [0.15, 0.2) is 24.3 Å². The van der Waals surface area contributed by atoms with Crippen LogP contribution in [0.25, 0.3) is 0 Å². The van der Waals surface area contributed by atoms with Crippen molar-refractivity contribution in [2.75, 3.05) is 29.8 Å². The summed E-state index contributed by atoms with van der Waals surface area (Å²) < 4.78 is 5.43. The lowest BCUT2D eigenvalue weighted by molar-refractivity contribution is -0.0555. The molecule has 1 unspecified atom stereocenters. The van der Waals surface area contributed by atoms with Crippen LogP contribution in [0.5, 0.6) is 0 Å². The molecule has 0 saturated carbocycles. The Labute approximate surface area is 210 Å². The average molecular weight is 479 g/mol. The lowest BCUT2D eigenvalue weighted by Gasteiger charge is -2.26. The maximum Gasteiger partial charge on any atom is 0.0635 e. The van der Waals surface area contributed by atoms with E-state index in [9.17, 15) is 10.4 Å². The van der Waals surface area contributed by atoms with Crippen molar-refractivity contribution in [3.63, 3.8) is 0 Å². The van der Waals surface area contributed by atoms with Gasteiger partial charge in [0.05, 0.1) is 17.5 Å². The molecule has 0 aromatic heterocycles. The van der Waals surface area contributed by atoms with Crippen LogP contribution in [0, 0.1) is 0 Å². The first kappa shape index (κ1) is 30.7. The number of hydroxylamine groups is 2.